The van der Waals surface area contributed by atoms with Crippen LogP contribution in [0, 0.1) is 0 Å². The van der Waals surface area contributed by atoms with E-state index in [1.54, 1.807) is 35.3 Å². The minimum atomic E-state index is -0.138. The number of nitrogens with zero attached hydrogens (tertiary/aromatic N) is 2. The van der Waals surface area contributed by atoms with Crippen molar-refractivity contribution in [3.8, 4) is 5.69 Å². The van der Waals surface area contributed by atoms with Gasteiger partial charge in [0.25, 0.3) is 0 Å². The summed E-state index contributed by atoms with van der Waals surface area (Å²) in [5.41, 5.74) is 8.00. The molecule has 0 unspecified atom stereocenters. The molecule has 1 heterocycles. The monoisotopic (exact) mass is 297 g/mol. The first kappa shape index (κ1) is 13.4. The van der Waals surface area contributed by atoms with Crippen molar-refractivity contribution in [2.75, 3.05) is 5.73 Å². The molecule has 104 valence electrons. The molecular weight excluding hydrogens is 286 g/mol. The molecule has 2 N–H and O–H groups in total. The number of halogens is 1. The van der Waals surface area contributed by atoms with Gasteiger partial charge in [-0.1, -0.05) is 29.8 Å². The number of nitrogens with two attached hydrogens (primary N) is 1. The maximum atomic E-state index is 12.4. The number of hydrogen-bond acceptors (Lipinski definition) is 3. The van der Waals surface area contributed by atoms with E-state index in [4.69, 9.17) is 17.3 Å². The quantitative estimate of drug-likeness (QED) is 0.596. The minimum absolute atomic E-state index is 0.138. The molecule has 0 atom stereocenters. The van der Waals surface area contributed by atoms with Crippen LogP contribution in [0.15, 0.2) is 60.9 Å². The molecular formula is C16H12ClN3O. The summed E-state index contributed by atoms with van der Waals surface area (Å²) in [6.07, 6.45) is 3.24. The number of benzene rings is 2. The Bertz CT molecular complexity index is 796. The second-order valence-electron chi connectivity index (χ2n) is 4.57. The molecule has 0 amide bonds. The summed E-state index contributed by atoms with van der Waals surface area (Å²) in [4.78, 5) is 12.4. The lowest BCUT2D eigenvalue weighted by molar-refractivity contribution is 0.103. The average Bonchev–Trinajstić information content (AvgIpc) is 3.00. The van der Waals surface area contributed by atoms with E-state index in [0.29, 0.717) is 21.8 Å². The summed E-state index contributed by atoms with van der Waals surface area (Å²) in [6.45, 7) is 0. The van der Waals surface area contributed by atoms with Gasteiger partial charge in [-0.2, -0.15) is 5.10 Å². The van der Waals surface area contributed by atoms with Crippen molar-refractivity contribution in [2.45, 2.75) is 0 Å². The Morgan fingerprint density at radius 1 is 1.10 bits per heavy atom. The third-order valence-corrected chi connectivity index (χ3v) is 3.47. The SMILES string of the molecule is Nc1cc(C(=O)c2cnn(-c3ccccc3)c2)ccc1Cl. The summed E-state index contributed by atoms with van der Waals surface area (Å²) >= 11 is 5.86. The first-order chi connectivity index (χ1) is 10.1. The molecule has 21 heavy (non-hydrogen) atoms. The highest BCUT2D eigenvalue weighted by Gasteiger charge is 2.13. The fourth-order valence-electron chi connectivity index (χ4n) is 2.01. The molecule has 0 radical (unpaired) electrons. The predicted molar refractivity (Wildman–Crippen MR) is 82.9 cm³/mol. The van der Waals surface area contributed by atoms with Crippen LogP contribution in [0.2, 0.25) is 5.02 Å². The van der Waals surface area contributed by atoms with Crippen molar-refractivity contribution in [2.24, 2.45) is 0 Å². The number of aromatic nitrogens is 2. The van der Waals surface area contributed by atoms with Crippen LogP contribution in [0.4, 0.5) is 5.69 Å². The Labute approximate surface area is 126 Å². The van der Waals surface area contributed by atoms with Crippen molar-refractivity contribution in [1.29, 1.82) is 0 Å². The fraction of sp³-hybridized carbons (Fsp3) is 0. The van der Waals surface area contributed by atoms with Crippen molar-refractivity contribution >= 4 is 23.1 Å². The third-order valence-electron chi connectivity index (χ3n) is 3.12. The van der Waals surface area contributed by atoms with Gasteiger partial charge in [-0.3, -0.25) is 4.79 Å². The van der Waals surface area contributed by atoms with E-state index in [1.165, 1.54) is 0 Å². The number of anilines is 1. The van der Waals surface area contributed by atoms with Crippen molar-refractivity contribution < 1.29 is 4.79 Å². The lowest BCUT2D eigenvalue weighted by atomic mass is 10.1. The molecule has 5 heteroatoms. The predicted octanol–water partition coefficient (Wildman–Crippen LogP) is 3.34. The molecule has 0 aliphatic carbocycles. The van der Waals surface area contributed by atoms with E-state index in [-0.39, 0.29) is 5.78 Å². The van der Waals surface area contributed by atoms with Crippen LogP contribution in [0.25, 0.3) is 5.69 Å². The second kappa shape index (κ2) is 5.42. The molecule has 0 spiro atoms. The lowest BCUT2D eigenvalue weighted by Crippen LogP contribution is -2.01. The van der Waals surface area contributed by atoms with Crippen molar-refractivity contribution in [3.63, 3.8) is 0 Å². The molecule has 0 saturated heterocycles. The Morgan fingerprint density at radius 2 is 1.86 bits per heavy atom. The topological polar surface area (TPSA) is 60.9 Å². The van der Waals surface area contributed by atoms with Gasteiger partial charge < -0.3 is 5.73 Å². The van der Waals surface area contributed by atoms with E-state index >= 15 is 0 Å². The Kier molecular flexibility index (Phi) is 3.46. The van der Waals surface area contributed by atoms with Gasteiger partial charge in [0.15, 0.2) is 5.78 Å². The molecule has 2 aromatic carbocycles. The summed E-state index contributed by atoms with van der Waals surface area (Å²) in [5.74, 6) is -0.138. The van der Waals surface area contributed by atoms with Gasteiger partial charge in [0.1, 0.15) is 0 Å². The average molecular weight is 298 g/mol. The number of carbonyl (C=O) groups is 1. The van der Waals surface area contributed by atoms with E-state index < -0.39 is 0 Å². The lowest BCUT2D eigenvalue weighted by Gasteiger charge is -2.02. The van der Waals surface area contributed by atoms with Crippen LogP contribution >= 0.6 is 11.6 Å². The number of rotatable bonds is 3. The van der Waals surface area contributed by atoms with E-state index in [9.17, 15) is 4.79 Å². The van der Waals surface area contributed by atoms with Crippen LogP contribution in [0.5, 0.6) is 0 Å². The Balaban J connectivity index is 1.92. The van der Waals surface area contributed by atoms with Crippen molar-refractivity contribution in [3.05, 3.63) is 77.1 Å². The normalized spacial score (nSPS) is 10.5. The van der Waals surface area contributed by atoms with Gasteiger partial charge in [-0.05, 0) is 30.3 Å². The largest absolute Gasteiger partial charge is 0.398 e. The molecule has 0 saturated carbocycles. The van der Waals surface area contributed by atoms with Crippen LogP contribution in [-0.2, 0) is 0 Å². The van der Waals surface area contributed by atoms with E-state index in [2.05, 4.69) is 5.10 Å². The summed E-state index contributed by atoms with van der Waals surface area (Å²) in [7, 11) is 0. The van der Waals surface area contributed by atoms with Gasteiger partial charge in [0.05, 0.1) is 28.2 Å². The third kappa shape index (κ3) is 2.66. The summed E-state index contributed by atoms with van der Waals surface area (Å²) in [5, 5.41) is 4.65. The second-order valence-corrected chi connectivity index (χ2v) is 4.98. The standard InChI is InChI=1S/C16H12ClN3O/c17-14-7-6-11(8-15(14)18)16(21)12-9-19-20(10-12)13-4-2-1-3-5-13/h1-10H,18H2. The summed E-state index contributed by atoms with van der Waals surface area (Å²) in [6, 6.07) is 14.4. The fourth-order valence-corrected chi connectivity index (χ4v) is 2.13. The highest BCUT2D eigenvalue weighted by molar-refractivity contribution is 6.33. The molecule has 4 nitrogen and oxygen atoms in total. The van der Waals surface area contributed by atoms with Gasteiger partial charge in [-0.15, -0.1) is 0 Å². The number of nitrogen functional groups attached to an aromatic ring is 1. The molecule has 3 aromatic rings. The zero-order valence-electron chi connectivity index (χ0n) is 11.0. The Morgan fingerprint density at radius 3 is 2.57 bits per heavy atom. The van der Waals surface area contributed by atoms with Crippen LogP contribution < -0.4 is 5.73 Å². The first-order valence-corrected chi connectivity index (χ1v) is 6.73. The van der Waals surface area contributed by atoms with Gasteiger partial charge in [-0.25, -0.2) is 4.68 Å². The van der Waals surface area contributed by atoms with Gasteiger partial charge in [0.2, 0.25) is 0 Å². The van der Waals surface area contributed by atoms with Crippen LogP contribution in [0.3, 0.4) is 0 Å². The maximum absolute atomic E-state index is 12.4. The smallest absolute Gasteiger partial charge is 0.196 e. The van der Waals surface area contributed by atoms with Crippen molar-refractivity contribution in [1.82, 2.24) is 9.78 Å². The van der Waals surface area contributed by atoms with Crippen LogP contribution in [-0.4, -0.2) is 15.6 Å². The molecule has 0 aliphatic rings. The zero-order valence-corrected chi connectivity index (χ0v) is 11.8. The Hall–Kier alpha value is -2.59. The highest BCUT2D eigenvalue weighted by atomic mass is 35.5. The molecule has 0 fully saturated rings. The molecule has 3 rings (SSSR count). The van der Waals surface area contributed by atoms with Crippen LogP contribution in [0.1, 0.15) is 15.9 Å². The summed E-state index contributed by atoms with van der Waals surface area (Å²) < 4.78 is 1.66. The maximum Gasteiger partial charge on any atom is 0.196 e. The number of carbonyl (C=O) groups excluding carboxylic acids is 1. The van der Waals surface area contributed by atoms with Gasteiger partial charge in [0, 0.05) is 11.8 Å². The molecule has 0 bridgehead atoms. The molecule has 1 aromatic heterocycles. The number of hydrogen-bond donors (Lipinski definition) is 1. The van der Waals surface area contributed by atoms with Gasteiger partial charge >= 0.3 is 0 Å². The number of ketones is 1. The molecule has 0 aliphatic heterocycles. The van der Waals surface area contributed by atoms with E-state index in [1.807, 2.05) is 30.3 Å². The minimum Gasteiger partial charge on any atom is -0.398 e. The zero-order chi connectivity index (χ0) is 14.8. The highest BCUT2D eigenvalue weighted by Crippen LogP contribution is 2.21. The van der Waals surface area contributed by atoms with E-state index in [0.717, 1.165) is 5.69 Å². The first-order valence-electron chi connectivity index (χ1n) is 6.35. The number of para-hydroxylation sites is 1.